The summed E-state index contributed by atoms with van der Waals surface area (Å²) in [5.41, 5.74) is 1.21. The molecule has 0 aliphatic rings. The average Bonchev–Trinajstić information content (AvgIpc) is 2.69. The Morgan fingerprint density at radius 1 is 1.40 bits per heavy atom. The standard InChI is InChI=1S/C9H6BrN3O2/c10-6-1-2-9(13(14)15)7(5-6)8-3-4-11-12-8/h1-5H,(H,11,12). The molecule has 0 unspecified atom stereocenters. The Morgan fingerprint density at radius 3 is 2.80 bits per heavy atom. The van der Waals surface area contributed by atoms with Gasteiger partial charge in [0, 0.05) is 16.7 Å². The lowest BCUT2D eigenvalue weighted by Gasteiger charge is -2.00. The molecule has 0 radical (unpaired) electrons. The minimum absolute atomic E-state index is 0.0578. The highest BCUT2D eigenvalue weighted by Gasteiger charge is 2.15. The molecule has 1 N–H and O–H groups in total. The van der Waals surface area contributed by atoms with Crippen LogP contribution in [-0.4, -0.2) is 15.1 Å². The summed E-state index contributed by atoms with van der Waals surface area (Å²) in [6, 6.07) is 6.47. The Hall–Kier alpha value is -1.69. The number of nitrogens with zero attached hydrogens (tertiary/aromatic N) is 2. The van der Waals surface area contributed by atoms with Crippen LogP contribution < -0.4 is 0 Å². The van der Waals surface area contributed by atoms with E-state index in [1.807, 2.05) is 0 Å². The van der Waals surface area contributed by atoms with Gasteiger partial charge in [0.2, 0.25) is 0 Å². The van der Waals surface area contributed by atoms with Crippen LogP contribution in [0.4, 0.5) is 5.69 Å². The summed E-state index contributed by atoms with van der Waals surface area (Å²) in [4.78, 5) is 10.4. The van der Waals surface area contributed by atoms with Gasteiger partial charge in [-0.2, -0.15) is 5.10 Å². The first-order chi connectivity index (χ1) is 7.18. The van der Waals surface area contributed by atoms with E-state index < -0.39 is 4.92 Å². The van der Waals surface area contributed by atoms with Gasteiger partial charge in [-0.25, -0.2) is 0 Å². The van der Waals surface area contributed by atoms with Crippen LogP contribution in [0.2, 0.25) is 0 Å². The average molecular weight is 268 g/mol. The van der Waals surface area contributed by atoms with Crippen LogP contribution in [0.5, 0.6) is 0 Å². The van der Waals surface area contributed by atoms with Gasteiger partial charge in [0.25, 0.3) is 5.69 Å². The third kappa shape index (κ3) is 1.89. The quantitative estimate of drug-likeness (QED) is 0.672. The summed E-state index contributed by atoms with van der Waals surface area (Å²) in [6.07, 6.45) is 1.56. The van der Waals surface area contributed by atoms with E-state index in [-0.39, 0.29) is 5.69 Å². The van der Waals surface area contributed by atoms with Gasteiger partial charge in [-0.1, -0.05) is 15.9 Å². The summed E-state index contributed by atoms with van der Waals surface area (Å²) >= 11 is 3.27. The zero-order chi connectivity index (χ0) is 10.8. The maximum atomic E-state index is 10.8. The Labute approximate surface area is 93.4 Å². The predicted molar refractivity (Wildman–Crippen MR) is 58.4 cm³/mol. The molecule has 1 aromatic carbocycles. The molecule has 1 heterocycles. The van der Waals surface area contributed by atoms with Gasteiger partial charge in [0.05, 0.1) is 16.2 Å². The first-order valence-corrected chi connectivity index (χ1v) is 4.91. The molecule has 0 spiro atoms. The monoisotopic (exact) mass is 267 g/mol. The SMILES string of the molecule is O=[N+]([O-])c1ccc(Br)cc1-c1ccn[nH]1. The molecule has 2 aromatic rings. The Balaban J connectivity index is 2.63. The van der Waals surface area contributed by atoms with Crippen LogP contribution in [-0.2, 0) is 0 Å². The predicted octanol–water partition coefficient (Wildman–Crippen LogP) is 2.75. The lowest BCUT2D eigenvalue weighted by molar-refractivity contribution is -0.384. The highest BCUT2D eigenvalue weighted by atomic mass is 79.9. The second-order valence-electron chi connectivity index (χ2n) is 2.89. The van der Waals surface area contributed by atoms with E-state index >= 15 is 0 Å². The molecular formula is C9H6BrN3O2. The first-order valence-electron chi connectivity index (χ1n) is 4.12. The number of rotatable bonds is 2. The second-order valence-corrected chi connectivity index (χ2v) is 3.80. The summed E-state index contributed by atoms with van der Waals surface area (Å²) < 4.78 is 0.790. The highest BCUT2D eigenvalue weighted by Crippen LogP contribution is 2.30. The van der Waals surface area contributed by atoms with Gasteiger partial charge in [-0.05, 0) is 18.2 Å². The van der Waals surface area contributed by atoms with Crippen molar-refractivity contribution < 1.29 is 4.92 Å². The van der Waals surface area contributed by atoms with Crippen molar-refractivity contribution in [2.75, 3.05) is 0 Å². The van der Waals surface area contributed by atoms with Crippen molar-refractivity contribution in [1.82, 2.24) is 10.2 Å². The molecule has 0 saturated carbocycles. The molecule has 0 atom stereocenters. The summed E-state index contributed by atoms with van der Waals surface area (Å²) in [6.45, 7) is 0. The lowest BCUT2D eigenvalue weighted by atomic mass is 10.1. The normalized spacial score (nSPS) is 10.2. The molecule has 5 nitrogen and oxygen atoms in total. The fraction of sp³-hybridized carbons (Fsp3) is 0. The molecular weight excluding hydrogens is 262 g/mol. The van der Waals surface area contributed by atoms with Crippen molar-refractivity contribution in [3.05, 3.63) is 45.0 Å². The van der Waals surface area contributed by atoms with Gasteiger partial charge in [-0.3, -0.25) is 15.2 Å². The highest BCUT2D eigenvalue weighted by molar-refractivity contribution is 9.10. The molecule has 2 rings (SSSR count). The van der Waals surface area contributed by atoms with Crippen molar-refractivity contribution >= 4 is 21.6 Å². The maximum absolute atomic E-state index is 10.8. The Bertz CT molecular complexity index is 496. The number of hydrogen-bond donors (Lipinski definition) is 1. The van der Waals surface area contributed by atoms with Crippen LogP contribution in [0.25, 0.3) is 11.3 Å². The van der Waals surface area contributed by atoms with Gasteiger partial charge in [0.15, 0.2) is 0 Å². The third-order valence-corrected chi connectivity index (χ3v) is 2.44. The summed E-state index contributed by atoms with van der Waals surface area (Å²) in [7, 11) is 0. The zero-order valence-corrected chi connectivity index (χ0v) is 9.06. The molecule has 0 amide bonds. The van der Waals surface area contributed by atoms with E-state index in [9.17, 15) is 10.1 Å². The number of aromatic amines is 1. The van der Waals surface area contributed by atoms with Crippen molar-refractivity contribution in [2.24, 2.45) is 0 Å². The molecule has 76 valence electrons. The van der Waals surface area contributed by atoms with Gasteiger partial charge in [0.1, 0.15) is 0 Å². The lowest BCUT2D eigenvalue weighted by Crippen LogP contribution is -1.92. The number of halogens is 1. The van der Waals surface area contributed by atoms with E-state index in [2.05, 4.69) is 26.1 Å². The van der Waals surface area contributed by atoms with Crippen LogP contribution in [0.3, 0.4) is 0 Å². The number of nitro groups is 1. The molecule has 1 aromatic heterocycles. The second kappa shape index (κ2) is 3.82. The van der Waals surface area contributed by atoms with Gasteiger partial charge in [-0.15, -0.1) is 0 Å². The first kappa shape index (κ1) is 9.85. The van der Waals surface area contributed by atoms with Crippen molar-refractivity contribution in [1.29, 1.82) is 0 Å². The van der Waals surface area contributed by atoms with Crippen LogP contribution >= 0.6 is 15.9 Å². The van der Waals surface area contributed by atoms with E-state index in [0.29, 0.717) is 11.3 Å². The molecule has 0 aliphatic heterocycles. The van der Waals surface area contributed by atoms with E-state index in [0.717, 1.165) is 4.47 Å². The fourth-order valence-electron chi connectivity index (χ4n) is 1.29. The van der Waals surface area contributed by atoms with Crippen LogP contribution in [0, 0.1) is 10.1 Å². The molecule has 15 heavy (non-hydrogen) atoms. The topological polar surface area (TPSA) is 71.8 Å². The Morgan fingerprint density at radius 2 is 2.20 bits per heavy atom. The van der Waals surface area contributed by atoms with Crippen molar-refractivity contribution in [3.8, 4) is 11.3 Å². The number of nitrogens with one attached hydrogen (secondary N) is 1. The fourth-order valence-corrected chi connectivity index (χ4v) is 1.65. The summed E-state index contributed by atoms with van der Waals surface area (Å²) in [5.74, 6) is 0. The van der Waals surface area contributed by atoms with Crippen LogP contribution in [0.15, 0.2) is 34.9 Å². The van der Waals surface area contributed by atoms with Crippen molar-refractivity contribution in [3.63, 3.8) is 0 Å². The minimum Gasteiger partial charge on any atom is -0.278 e. The maximum Gasteiger partial charge on any atom is 0.278 e. The molecule has 0 bridgehead atoms. The molecule has 0 saturated heterocycles. The molecule has 0 aliphatic carbocycles. The largest absolute Gasteiger partial charge is 0.278 e. The number of H-pyrrole nitrogens is 1. The minimum atomic E-state index is -0.414. The third-order valence-electron chi connectivity index (χ3n) is 1.95. The zero-order valence-electron chi connectivity index (χ0n) is 7.48. The van der Waals surface area contributed by atoms with Gasteiger partial charge < -0.3 is 0 Å². The van der Waals surface area contributed by atoms with Crippen molar-refractivity contribution in [2.45, 2.75) is 0 Å². The molecule has 6 heteroatoms. The Kier molecular flexibility index (Phi) is 2.51. The summed E-state index contributed by atoms with van der Waals surface area (Å²) in [5, 5.41) is 17.3. The molecule has 0 fully saturated rings. The number of benzene rings is 1. The van der Waals surface area contributed by atoms with Crippen LogP contribution in [0.1, 0.15) is 0 Å². The van der Waals surface area contributed by atoms with E-state index in [4.69, 9.17) is 0 Å². The van der Waals surface area contributed by atoms with E-state index in [1.54, 1.807) is 24.4 Å². The number of hydrogen-bond acceptors (Lipinski definition) is 3. The smallest absolute Gasteiger partial charge is 0.278 e. The van der Waals surface area contributed by atoms with E-state index in [1.165, 1.54) is 6.07 Å². The number of nitro benzene ring substituents is 1. The van der Waals surface area contributed by atoms with Gasteiger partial charge >= 0.3 is 0 Å². The number of aromatic nitrogens is 2.